The summed E-state index contributed by atoms with van der Waals surface area (Å²) in [5.74, 6) is 7.00. The van der Waals surface area contributed by atoms with Crippen LogP contribution in [0, 0.1) is 11.8 Å². The molecule has 0 atom stereocenters. The fraction of sp³-hybridized carbons (Fsp3) is 0.357. The first-order valence-electron chi connectivity index (χ1n) is 6.10. The van der Waals surface area contributed by atoms with Crippen LogP contribution in [0.2, 0.25) is 0 Å². The van der Waals surface area contributed by atoms with Crippen LogP contribution in [0.15, 0.2) is 23.8 Å². The Hall–Kier alpha value is -1.61. The second-order valence-corrected chi connectivity index (χ2v) is 5.43. The van der Waals surface area contributed by atoms with E-state index in [1.165, 1.54) is 4.88 Å². The molecule has 0 aromatic carbocycles. The molecule has 0 aliphatic heterocycles. The Morgan fingerprint density at radius 3 is 3.00 bits per heavy atom. The van der Waals surface area contributed by atoms with Gasteiger partial charge in [-0.05, 0) is 13.1 Å². The van der Waals surface area contributed by atoms with Gasteiger partial charge < -0.3 is 10.3 Å². The van der Waals surface area contributed by atoms with Gasteiger partial charge in [0.25, 0.3) is 0 Å². The summed E-state index contributed by atoms with van der Waals surface area (Å²) in [4.78, 5) is 7.88. The highest BCUT2D eigenvalue weighted by molar-refractivity contribution is 7.10. The SMILES string of the molecule is CN(Cc1cc(C#CCN)cs1)Cc1nccn1C. The first-order valence-corrected chi connectivity index (χ1v) is 6.98. The van der Waals surface area contributed by atoms with Crippen molar-refractivity contribution >= 4 is 11.3 Å². The number of aryl methyl sites for hydroxylation is 1. The van der Waals surface area contributed by atoms with Crippen molar-refractivity contribution in [3.8, 4) is 11.8 Å². The molecule has 0 unspecified atom stereocenters. The molecule has 100 valence electrons. The van der Waals surface area contributed by atoms with Crippen molar-refractivity contribution in [3.63, 3.8) is 0 Å². The lowest BCUT2D eigenvalue weighted by molar-refractivity contribution is 0.310. The summed E-state index contributed by atoms with van der Waals surface area (Å²) in [5.41, 5.74) is 6.42. The smallest absolute Gasteiger partial charge is 0.122 e. The van der Waals surface area contributed by atoms with Crippen molar-refractivity contribution in [2.24, 2.45) is 12.8 Å². The fourth-order valence-electron chi connectivity index (χ4n) is 1.79. The van der Waals surface area contributed by atoms with Crippen molar-refractivity contribution in [2.75, 3.05) is 13.6 Å². The molecule has 2 N–H and O–H groups in total. The molecule has 2 rings (SSSR count). The zero-order chi connectivity index (χ0) is 13.7. The molecular weight excluding hydrogens is 256 g/mol. The van der Waals surface area contributed by atoms with Gasteiger partial charge in [-0.25, -0.2) is 4.98 Å². The van der Waals surface area contributed by atoms with Crippen LogP contribution in [-0.4, -0.2) is 28.0 Å². The Labute approximate surface area is 117 Å². The minimum atomic E-state index is 0.407. The summed E-state index contributed by atoms with van der Waals surface area (Å²) in [7, 11) is 4.11. The molecule has 0 aliphatic carbocycles. The molecule has 5 heteroatoms. The molecule has 0 saturated carbocycles. The van der Waals surface area contributed by atoms with Gasteiger partial charge in [-0.15, -0.1) is 11.3 Å². The van der Waals surface area contributed by atoms with E-state index >= 15 is 0 Å². The Bertz CT molecular complexity index is 588. The van der Waals surface area contributed by atoms with Crippen LogP contribution >= 0.6 is 11.3 Å². The van der Waals surface area contributed by atoms with Gasteiger partial charge in [0.2, 0.25) is 0 Å². The molecular formula is C14H18N4S. The summed E-state index contributed by atoms with van der Waals surface area (Å²) in [6.45, 7) is 2.15. The van der Waals surface area contributed by atoms with Gasteiger partial charge in [-0.1, -0.05) is 11.8 Å². The molecule has 0 saturated heterocycles. The summed E-state index contributed by atoms with van der Waals surface area (Å²) in [5, 5.41) is 2.08. The highest BCUT2D eigenvalue weighted by Gasteiger charge is 2.06. The van der Waals surface area contributed by atoms with E-state index in [4.69, 9.17) is 5.73 Å². The fourth-order valence-corrected chi connectivity index (χ4v) is 2.69. The van der Waals surface area contributed by atoms with Crippen molar-refractivity contribution in [1.82, 2.24) is 14.5 Å². The van der Waals surface area contributed by atoms with E-state index < -0.39 is 0 Å². The normalized spacial score (nSPS) is 10.5. The minimum absolute atomic E-state index is 0.407. The van der Waals surface area contributed by atoms with Gasteiger partial charge in [0.15, 0.2) is 0 Å². The maximum Gasteiger partial charge on any atom is 0.122 e. The van der Waals surface area contributed by atoms with E-state index in [9.17, 15) is 0 Å². The first-order chi connectivity index (χ1) is 9.19. The second kappa shape index (κ2) is 6.53. The van der Waals surface area contributed by atoms with Crippen LogP contribution in [0.1, 0.15) is 16.3 Å². The Balaban J connectivity index is 1.93. The van der Waals surface area contributed by atoms with E-state index in [-0.39, 0.29) is 0 Å². The van der Waals surface area contributed by atoms with E-state index in [1.807, 2.05) is 24.0 Å². The monoisotopic (exact) mass is 274 g/mol. The first kappa shape index (κ1) is 13.8. The maximum atomic E-state index is 5.37. The van der Waals surface area contributed by atoms with Gasteiger partial charge >= 0.3 is 0 Å². The molecule has 2 aromatic heterocycles. The lowest BCUT2D eigenvalue weighted by Crippen LogP contribution is -2.18. The molecule has 4 nitrogen and oxygen atoms in total. The Morgan fingerprint density at radius 1 is 1.47 bits per heavy atom. The van der Waals surface area contributed by atoms with Gasteiger partial charge in [-0.3, -0.25) is 4.90 Å². The van der Waals surface area contributed by atoms with Gasteiger partial charge in [-0.2, -0.15) is 0 Å². The quantitative estimate of drug-likeness (QED) is 0.858. The number of aromatic nitrogens is 2. The van der Waals surface area contributed by atoms with Crippen LogP contribution in [0.4, 0.5) is 0 Å². The lowest BCUT2D eigenvalue weighted by atomic mass is 10.3. The van der Waals surface area contributed by atoms with Crippen molar-refractivity contribution in [3.05, 3.63) is 40.1 Å². The van der Waals surface area contributed by atoms with E-state index in [2.05, 4.69) is 40.2 Å². The summed E-state index contributed by atoms with van der Waals surface area (Å²) >= 11 is 1.73. The van der Waals surface area contributed by atoms with Crippen LogP contribution in [0.25, 0.3) is 0 Å². The van der Waals surface area contributed by atoms with Gasteiger partial charge in [0.05, 0.1) is 13.1 Å². The number of imidazole rings is 1. The number of hydrogen-bond acceptors (Lipinski definition) is 4. The number of hydrogen-bond donors (Lipinski definition) is 1. The van der Waals surface area contributed by atoms with Crippen molar-refractivity contribution < 1.29 is 0 Å². The largest absolute Gasteiger partial charge is 0.337 e. The lowest BCUT2D eigenvalue weighted by Gasteiger charge is -2.14. The number of nitrogens with two attached hydrogens (primary N) is 1. The van der Waals surface area contributed by atoms with Crippen LogP contribution < -0.4 is 5.73 Å². The average molecular weight is 274 g/mol. The third-order valence-electron chi connectivity index (χ3n) is 2.75. The molecule has 19 heavy (non-hydrogen) atoms. The zero-order valence-electron chi connectivity index (χ0n) is 11.3. The van der Waals surface area contributed by atoms with E-state index in [0.29, 0.717) is 6.54 Å². The van der Waals surface area contributed by atoms with Crippen molar-refractivity contribution in [2.45, 2.75) is 13.1 Å². The molecule has 0 amide bonds. The average Bonchev–Trinajstić information content (AvgIpc) is 2.97. The van der Waals surface area contributed by atoms with Crippen molar-refractivity contribution in [1.29, 1.82) is 0 Å². The van der Waals surface area contributed by atoms with Gasteiger partial charge in [0, 0.05) is 41.8 Å². The molecule has 2 aromatic rings. The summed E-state index contributed by atoms with van der Waals surface area (Å²) in [6.07, 6.45) is 3.80. The molecule has 0 spiro atoms. The molecule has 0 aliphatic rings. The number of rotatable bonds is 4. The summed E-state index contributed by atoms with van der Waals surface area (Å²) < 4.78 is 2.04. The summed E-state index contributed by atoms with van der Waals surface area (Å²) in [6, 6.07) is 2.13. The number of thiophene rings is 1. The van der Waals surface area contributed by atoms with E-state index in [0.717, 1.165) is 24.5 Å². The Kier molecular flexibility index (Phi) is 4.74. The third-order valence-corrected chi connectivity index (χ3v) is 3.67. The third kappa shape index (κ3) is 3.93. The van der Waals surface area contributed by atoms with E-state index in [1.54, 1.807) is 11.3 Å². The second-order valence-electron chi connectivity index (χ2n) is 4.43. The maximum absolute atomic E-state index is 5.37. The number of nitrogens with zero attached hydrogens (tertiary/aromatic N) is 3. The standard InChI is InChI=1S/C14H18N4S/c1-17(10-14-16-6-7-18(14)2)9-13-8-12(11-19-13)4-3-5-15/h6-8,11H,5,9-10,15H2,1-2H3. The molecule has 0 bridgehead atoms. The Morgan fingerprint density at radius 2 is 2.32 bits per heavy atom. The highest BCUT2D eigenvalue weighted by atomic mass is 32.1. The van der Waals surface area contributed by atoms with Crippen LogP contribution in [0.3, 0.4) is 0 Å². The molecule has 0 radical (unpaired) electrons. The highest BCUT2D eigenvalue weighted by Crippen LogP contribution is 2.16. The zero-order valence-corrected chi connectivity index (χ0v) is 12.1. The van der Waals surface area contributed by atoms with Crippen LogP contribution in [-0.2, 0) is 20.1 Å². The minimum Gasteiger partial charge on any atom is -0.337 e. The van der Waals surface area contributed by atoms with Crippen LogP contribution in [0.5, 0.6) is 0 Å². The molecule has 0 fully saturated rings. The predicted octanol–water partition coefficient (Wildman–Crippen LogP) is 1.42. The van der Waals surface area contributed by atoms with Gasteiger partial charge in [0.1, 0.15) is 5.82 Å². The predicted molar refractivity (Wildman–Crippen MR) is 78.6 cm³/mol. The molecule has 2 heterocycles. The topological polar surface area (TPSA) is 47.1 Å².